The molecule has 0 aliphatic carbocycles. The zero-order valence-corrected chi connectivity index (χ0v) is 4.44. The fourth-order valence-corrected chi connectivity index (χ4v) is 0.188. The van der Waals surface area contributed by atoms with Crippen molar-refractivity contribution in [3.8, 4) is 6.07 Å². The molecule has 0 aliphatic rings. The summed E-state index contributed by atoms with van der Waals surface area (Å²) in [4.78, 5) is 12.5. The summed E-state index contributed by atoms with van der Waals surface area (Å²) in [5, 5.41) is 7.85. The number of hydrogen-bond acceptors (Lipinski definition) is 3. The molecule has 9 heavy (non-hydrogen) atoms. The van der Waals surface area contributed by atoms with E-state index >= 15 is 0 Å². The van der Waals surface area contributed by atoms with Gasteiger partial charge in [0.15, 0.2) is 6.61 Å². The molecule has 0 saturated heterocycles. The van der Waals surface area contributed by atoms with Crippen LogP contribution in [-0.2, 0) is 9.53 Å². The Hall–Kier alpha value is -1.66. The maximum atomic E-state index is 10.1. The average Bonchev–Trinajstić information content (AvgIpc) is 1.85. The molecule has 0 aromatic carbocycles. The highest BCUT2D eigenvalue weighted by Crippen LogP contribution is 1.69. The summed E-state index contributed by atoms with van der Waals surface area (Å²) in [5.41, 5.74) is 7.72. The van der Waals surface area contributed by atoms with Gasteiger partial charge in [0.1, 0.15) is 6.07 Å². The first-order valence-electron chi connectivity index (χ1n) is 2.02. The summed E-state index contributed by atoms with van der Waals surface area (Å²) in [6, 6.07) is 1.57. The maximum absolute atomic E-state index is 10.1. The van der Waals surface area contributed by atoms with Gasteiger partial charge in [-0.15, -0.1) is 0 Å². The van der Waals surface area contributed by atoms with E-state index in [9.17, 15) is 4.79 Å². The van der Waals surface area contributed by atoms with E-state index in [0.717, 1.165) is 0 Å². The highest BCUT2D eigenvalue weighted by Gasteiger charge is 1.99. The van der Waals surface area contributed by atoms with Gasteiger partial charge in [-0.25, -0.2) is 4.79 Å². The first-order valence-corrected chi connectivity index (χ1v) is 2.02. The number of ether oxygens (including phenoxy) is 1. The van der Waals surface area contributed by atoms with Gasteiger partial charge in [-0.3, -0.25) is 0 Å². The van der Waals surface area contributed by atoms with Crippen molar-refractivity contribution in [2.45, 2.75) is 0 Å². The fraction of sp³-hybridized carbons (Fsp3) is 0.250. The lowest BCUT2D eigenvalue weighted by atomic mass is 10.7. The lowest BCUT2D eigenvalue weighted by Crippen LogP contribution is -2.05. The van der Waals surface area contributed by atoms with Gasteiger partial charge in [0.2, 0.25) is 0 Å². The molecule has 0 unspecified atom stereocenters. The second-order valence-electron chi connectivity index (χ2n) is 1.01. The van der Waals surface area contributed by atoms with Gasteiger partial charge in [0.05, 0.1) is 0 Å². The van der Waals surface area contributed by atoms with Crippen LogP contribution in [0.25, 0.3) is 5.53 Å². The summed E-state index contributed by atoms with van der Waals surface area (Å²) in [5.74, 6) is -0.834. The van der Waals surface area contributed by atoms with Gasteiger partial charge < -0.3 is 10.3 Å². The van der Waals surface area contributed by atoms with Crippen LogP contribution in [0.15, 0.2) is 0 Å². The van der Waals surface area contributed by atoms with Crippen LogP contribution >= 0.6 is 0 Å². The van der Waals surface area contributed by atoms with E-state index in [1.54, 1.807) is 6.07 Å². The highest BCUT2D eigenvalue weighted by atomic mass is 16.5. The van der Waals surface area contributed by atoms with Gasteiger partial charge in [-0.2, -0.15) is 10.1 Å². The number of rotatable bonds is 2. The minimum Gasteiger partial charge on any atom is -0.442 e. The smallest absolute Gasteiger partial charge is 0.414 e. The molecule has 0 aromatic rings. The second kappa shape index (κ2) is 4.50. The Bertz CT molecular complexity index is 186. The minimum absolute atomic E-state index is 0.329. The van der Waals surface area contributed by atoms with Crippen LogP contribution in [0.5, 0.6) is 0 Å². The predicted octanol–water partition coefficient (Wildman–Crippen LogP) is -0.646. The molecule has 0 atom stereocenters. The summed E-state index contributed by atoms with van der Waals surface area (Å²) < 4.78 is 4.12. The number of carbonyl (C=O) groups excluding carboxylic acids is 1. The molecule has 0 saturated carbocycles. The number of carbonyl (C=O) groups is 1. The van der Waals surface area contributed by atoms with E-state index in [-0.39, 0.29) is 6.61 Å². The molecule has 0 amide bonds. The Morgan fingerprint density at radius 1 is 2.00 bits per heavy atom. The highest BCUT2D eigenvalue weighted by molar-refractivity contribution is 6.20. The van der Waals surface area contributed by atoms with E-state index in [2.05, 4.69) is 9.53 Å². The second-order valence-corrected chi connectivity index (χ2v) is 1.01. The van der Waals surface area contributed by atoms with E-state index in [1.165, 1.54) is 0 Å². The van der Waals surface area contributed by atoms with Crippen LogP contribution in [0, 0.1) is 11.3 Å². The van der Waals surface area contributed by atoms with Crippen molar-refractivity contribution in [1.82, 2.24) is 0 Å². The van der Waals surface area contributed by atoms with Crippen LogP contribution in [0.4, 0.5) is 0 Å². The summed E-state index contributed by atoms with van der Waals surface area (Å²) in [6.45, 7) is -0.329. The van der Waals surface area contributed by atoms with Crippen LogP contribution in [0.3, 0.4) is 0 Å². The molecule has 0 aromatic heterocycles. The van der Waals surface area contributed by atoms with Crippen LogP contribution in [-0.4, -0.2) is 23.6 Å². The van der Waals surface area contributed by atoms with Crippen LogP contribution in [0.2, 0.25) is 0 Å². The van der Waals surface area contributed by atoms with Crippen molar-refractivity contribution < 1.29 is 14.3 Å². The molecule has 46 valence electrons. The van der Waals surface area contributed by atoms with Gasteiger partial charge in [-0.05, 0) is 0 Å². The van der Waals surface area contributed by atoms with Gasteiger partial charge in [-0.1, -0.05) is 0 Å². The van der Waals surface area contributed by atoms with E-state index in [0.29, 0.717) is 6.21 Å². The van der Waals surface area contributed by atoms with E-state index < -0.39 is 5.97 Å². The molecule has 5 heteroatoms. The van der Waals surface area contributed by atoms with Gasteiger partial charge in [0, 0.05) is 0 Å². The molecule has 0 fully saturated rings. The zero-order chi connectivity index (χ0) is 7.11. The molecule has 0 spiro atoms. The Kier molecular flexibility index (Phi) is 3.67. The topological polar surface area (TPSA) is 86.5 Å². The molecule has 0 bridgehead atoms. The molecule has 0 heterocycles. The molecular formula is C4H3N3O2. The monoisotopic (exact) mass is 125 g/mol. The third-order valence-corrected chi connectivity index (χ3v) is 0.442. The summed E-state index contributed by atoms with van der Waals surface area (Å²) >= 11 is 0. The summed E-state index contributed by atoms with van der Waals surface area (Å²) in [6.07, 6.45) is 0.567. The van der Waals surface area contributed by atoms with E-state index in [1.807, 2.05) is 0 Å². The van der Waals surface area contributed by atoms with Crippen molar-refractivity contribution in [2.75, 3.05) is 6.61 Å². The Labute approximate surface area is 51.1 Å². The quantitative estimate of drug-likeness (QED) is 0.213. The van der Waals surface area contributed by atoms with Crippen LogP contribution in [0.1, 0.15) is 0 Å². The van der Waals surface area contributed by atoms with Crippen LogP contribution < -0.4 is 0 Å². The van der Waals surface area contributed by atoms with Crippen molar-refractivity contribution >= 4 is 12.2 Å². The van der Waals surface area contributed by atoms with Gasteiger partial charge in [0.25, 0.3) is 0 Å². The number of esters is 1. The molecule has 5 nitrogen and oxygen atoms in total. The van der Waals surface area contributed by atoms with Gasteiger partial charge >= 0.3 is 12.2 Å². The largest absolute Gasteiger partial charge is 0.442 e. The predicted molar refractivity (Wildman–Crippen MR) is 26.3 cm³/mol. The first-order chi connectivity index (χ1) is 4.31. The van der Waals surface area contributed by atoms with E-state index in [4.69, 9.17) is 10.8 Å². The minimum atomic E-state index is -0.834. The number of nitrogens with zero attached hydrogens (tertiary/aromatic N) is 3. The molecule has 0 radical (unpaired) electrons. The Morgan fingerprint density at radius 3 is 3.11 bits per heavy atom. The lowest BCUT2D eigenvalue weighted by molar-refractivity contribution is -0.137. The van der Waals surface area contributed by atoms with Crippen molar-refractivity contribution in [3.05, 3.63) is 5.53 Å². The Morgan fingerprint density at radius 2 is 2.67 bits per heavy atom. The normalized spacial score (nSPS) is 6.56. The zero-order valence-electron chi connectivity index (χ0n) is 4.44. The molecule has 0 rings (SSSR count). The standard InChI is InChI=1S/C4H3N3O2/c5-1-2-9-4(8)3-7-6/h3H,2H2. The molecule has 0 aliphatic heterocycles. The van der Waals surface area contributed by atoms with Crippen molar-refractivity contribution in [2.24, 2.45) is 0 Å². The third kappa shape index (κ3) is 4.19. The fourth-order valence-electron chi connectivity index (χ4n) is 0.188. The Balaban J connectivity index is 3.54. The maximum Gasteiger partial charge on any atom is 0.414 e. The number of nitriles is 1. The summed E-state index contributed by atoms with van der Waals surface area (Å²) in [7, 11) is 0. The lowest BCUT2D eigenvalue weighted by Gasteiger charge is -1.84. The number of hydrogen-bond donors (Lipinski definition) is 0. The van der Waals surface area contributed by atoms with Crippen molar-refractivity contribution in [3.63, 3.8) is 0 Å². The molecular weight excluding hydrogens is 122 g/mol. The first kappa shape index (κ1) is 7.34. The molecule has 0 N–H and O–H groups in total. The third-order valence-electron chi connectivity index (χ3n) is 0.442. The SMILES string of the molecule is N#CCOC(=O)C=[N+]=[N-]. The average molecular weight is 125 g/mol. The van der Waals surface area contributed by atoms with Crippen molar-refractivity contribution in [1.29, 1.82) is 5.26 Å².